The van der Waals surface area contributed by atoms with Gasteiger partial charge in [0, 0.05) is 28.6 Å². The van der Waals surface area contributed by atoms with Gasteiger partial charge in [0.05, 0.1) is 11.6 Å². The first-order chi connectivity index (χ1) is 17.7. The van der Waals surface area contributed by atoms with Crippen molar-refractivity contribution in [3.63, 3.8) is 0 Å². The molecular formula is C27H32ClN3O7. The van der Waals surface area contributed by atoms with Crippen LogP contribution in [0.4, 0.5) is 0 Å². The molecule has 0 aromatic heterocycles. The summed E-state index contributed by atoms with van der Waals surface area (Å²) in [5, 5.41) is 48.5. The Kier molecular flexibility index (Phi) is 6.18. The predicted molar refractivity (Wildman–Crippen MR) is 138 cm³/mol. The van der Waals surface area contributed by atoms with Gasteiger partial charge in [0.1, 0.15) is 22.8 Å². The molecule has 1 aromatic rings. The fourth-order valence-electron chi connectivity index (χ4n) is 6.67. The number of halogens is 1. The summed E-state index contributed by atoms with van der Waals surface area (Å²) in [4.78, 5) is 40.6. The average Bonchev–Trinajstić information content (AvgIpc) is 2.81. The zero-order valence-corrected chi connectivity index (χ0v) is 22.2. The van der Waals surface area contributed by atoms with Crippen LogP contribution in [0.5, 0.6) is 5.75 Å². The van der Waals surface area contributed by atoms with Gasteiger partial charge in [0.25, 0.3) is 5.91 Å². The maximum atomic E-state index is 13.7. The van der Waals surface area contributed by atoms with Gasteiger partial charge in [-0.15, -0.1) is 0 Å². The van der Waals surface area contributed by atoms with Crippen molar-refractivity contribution in [1.82, 2.24) is 10.2 Å². The molecule has 4 aliphatic rings. The highest BCUT2D eigenvalue weighted by molar-refractivity contribution is 6.33. The third-order valence-electron chi connectivity index (χ3n) is 8.89. The van der Waals surface area contributed by atoms with E-state index < -0.39 is 58.0 Å². The molecule has 0 unspecified atom stereocenters. The molecule has 1 aromatic carbocycles. The second kappa shape index (κ2) is 8.81. The highest BCUT2D eigenvalue weighted by Gasteiger charge is 2.63. The normalized spacial score (nSPS) is 30.1. The number of hydrogen-bond acceptors (Lipinski definition) is 9. The second-order valence-electron chi connectivity index (χ2n) is 11.5. The highest BCUT2D eigenvalue weighted by Crippen LogP contribution is 2.53. The first-order valence-electron chi connectivity index (χ1n) is 12.7. The predicted octanol–water partition coefficient (Wildman–Crippen LogP) is 1.81. The summed E-state index contributed by atoms with van der Waals surface area (Å²) >= 11 is 6.77. The average molecular weight is 546 g/mol. The van der Waals surface area contributed by atoms with E-state index in [1.165, 1.54) is 11.0 Å². The fraction of sp³-hybridized carbons (Fsp3) is 0.519. The Balaban J connectivity index is 1.61. The Bertz CT molecular complexity index is 1350. The summed E-state index contributed by atoms with van der Waals surface area (Å²) < 4.78 is 0. The molecule has 11 heteroatoms. The van der Waals surface area contributed by atoms with E-state index in [-0.39, 0.29) is 35.3 Å². The molecule has 4 atom stereocenters. The monoisotopic (exact) mass is 545 g/mol. The first kappa shape index (κ1) is 26.7. The number of ketones is 2. The van der Waals surface area contributed by atoms with Crippen molar-refractivity contribution in [2.75, 3.05) is 14.1 Å². The number of hydrogen-bond donors (Lipinski definition) is 6. The number of nitrogens with two attached hydrogens (primary N) is 1. The molecule has 0 spiro atoms. The van der Waals surface area contributed by atoms with E-state index in [2.05, 4.69) is 12.2 Å². The topological polar surface area (TPSA) is 173 Å². The number of Topliss-reactive ketones (excluding diaryl/α,β-unsaturated/α-hetero) is 2. The first-order valence-corrected chi connectivity index (χ1v) is 13.0. The van der Waals surface area contributed by atoms with Gasteiger partial charge in [-0.25, -0.2) is 0 Å². The molecular weight excluding hydrogens is 514 g/mol. The number of aliphatic hydroxyl groups is 3. The summed E-state index contributed by atoms with van der Waals surface area (Å²) in [5.74, 6) is -6.82. The molecule has 1 fully saturated rings. The van der Waals surface area contributed by atoms with Gasteiger partial charge in [0.15, 0.2) is 11.4 Å². The summed E-state index contributed by atoms with van der Waals surface area (Å²) in [6.07, 6.45) is 3.38. The number of nitrogens with zero attached hydrogens (tertiary/aromatic N) is 1. The number of phenols is 1. The molecule has 204 valence electrons. The molecule has 7 N–H and O–H groups in total. The number of phenolic OH excluding ortho intramolecular Hbond substituents is 1. The Labute approximate surface area is 224 Å². The van der Waals surface area contributed by atoms with Crippen LogP contribution in [0.25, 0.3) is 0 Å². The lowest BCUT2D eigenvalue weighted by molar-refractivity contribution is -0.148. The van der Waals surface area contributed by atoms with E-state index in [1.807, 2.05) is 0 Å². The summed E-state index contributed by atoms with van der Waals surface area (Å²) in [5.41, 5.74) is 2.63. The lowest BCUT2D eigenvalue weighted by atomic mass is 9.58. The molecule has 0 radical (unpaired) electrons. The molecule has 4 aliphatic carbocycles. The molecule has 0 saturated heterocycles. The molecule has 1 amide bonds. The minimum atomic E-state index is -2.66. The summed E-state index contributed by atoms with van der Waals surface area (Å²) in [6, 6.07) is 0.384. The number of amides is 1. The molecule has 5 rings (SSSR count). The van der Waals surface area contributed by atoms with Crippen LogP contribution in [-0.2, 0) is 22.6 Å². The SMILES string of the molecule is CN(C)[C@@H]1C(O)=C(C(N)=O)C(=O)[C@@]2(O)C(O)=C3C(=O)c4c(O)cc(CNC5(C)CCC5)c(Cl)c4C[C@H]3C[C@@H]12. The van der Waals surface area contributed by atoms with Crippen molar-refractivity contribution in [2.45, 2.75) is 62.8 Å². The summed E-state index contributed by atoms with van der Waals surface area (Å²) in [6.45, 7) is 2.52. The van der Waals surface area contributed by atoms with E-state index in [4.69, 9.17) is 17.3 Å². The zero-order valence-electron chi connectivity index (χ0n) is 21.5. The van der Waals surface area contributed by atoms with Crippen molar-refractivity contribution >= 4 is 29.1 Å². The van der Waals surface area contributed by atoms with Crippen molar-refractivity contribution in [3.8, 4) is 5.75 Å². The number of fused-ring (bicyclic) bond motifs is 3. The maximum Gasteiger partial charge on any atom is 0.255 e. The third-order valence-corrected chi connectivity index (χ3v) is 9.36. The minimum absolute atomic E-state index is 0.00576. The lowest BCUT2D eigenvalue weighted by Gasteiger charge is -2.50. The smallest absolute Gasteiger partial charge is 0.255 e. The van der Waals surface area contributed by atoms with Gasteiger partial charge in [-0.05, 0) is 76.2 Å². The molecule has 0 heterocycles. The van der Waals surface area contributed by atoms with Gasteiger partial charge in [-0.3, -0.25) is 19.3 Å². The minimum Gasteiger partial charge on any atom is -0.510 e. The number of nitrogens with one attached hydrogen (secondary N) is 1. The number of benzene rings is 1. The van der Waals surface area contributed by atoms with E-state index >= 15 is 0 Å². The van der Waals surface area contributed by atoms with Gasteiger partial charge >= 0.3 is 0 Å². The fourth-order valence-corrected chi connectivity index (χ4v) is 6.97. The number of carbonyl (C=O) groups excluding carboxylic acids is 3. The molecule has 38 heavy (non-hydrogen) atoms. The van der Waals surface area contributed by atoms with Crippen LogP contribution in [0.15, 0.2) is 28.7 Å². The standard InChI is InChI=1S/C27H32ClN3O7/c1-26(5-4-6-26)30-10-12-9-15(32)17-13(19(12)28)7-11-8-14-20(31(2)3)22(34)18(25(29)37)24(36)27(14,38)23(35)16(11)21(17)33/h9,11,14,20,30,32,34-35,38H,4-8,10H2,1-3H3,(H2,29,37)/t11-,14-,20-,27-/m0/s1. The molecule has 1 saturated carbocycles. The number of likely N-dealkylation sites (N-methyl/N-ethyl adjacent to an activating group) is 1. The van der Waals surface area contributed by atoms with Crippen LogP contribution < -0.4 is 11.1 Å². The van der Waals surface area contributed by atoms with E-state index in [9.17, 15) is 34.8 Å². The van der Waals surface area contributed by atoms with Gasteiger partial charge in [-0.1, -0.05) is 11.6 Å². The van der Waals surface area contributed by atoms with Crippen molar-refractivity contribution in [2.24, 2.45) is 17.6 Å². The molecule has 10 nitrogen and oxygen atoms in total. The molecule has 0 aliphatic heterocycles. The number of aromatic hydroxyl groups is 1. The maximum absolute atomic E-state index is 13.7. The van der Waals surface area contributed by atoms with Crippen LogP contribution in [0.2, 0.25) is 5.02 Å². The Morgan fingerprint density at radius 3 is 2.45 bits per heavy atom. The van der Waals surface area contributed by atoms with Gasteiger partial charge in [-0.2, -0.15) is 0 Å². The number of allylic oxidation sites excluding steroid dienone is 1. The highest BCUT2D eigenvalue weighted by atomic mass is 35.5. The summed E-state index contributed by atoms with van der Waals surface area (Å²) in [7, 11) is 3.17. The number of carbonyl (C=O) groups is 3. The van der Waals surface area contributed by atoms with Gasteiger partial charge in [0.2, 0.25) is 5.78 Å². The zero-order chi connectivity index (χ0) is 27.9. The number of primary amides is 1. The van der Waals surface area contributed by atoms with E-state index in [0.717, 1.165) is 19.3 Å². The largest absolute Gasteiger partial charge is 0.510 e. The van der Waals surface area contributed by atoms with E-state index in [0.29, 0.717) is 22.7 Å². The van der Waals surface area contributed by atoms with Crippen LogP contribution in [-0.4, -0.2) is 74.1 Å². The van der Waals surface area contributed by atoms with Crippen molar-refractivity contribution in [1.29, 1.82) is 0 Å². The lowest BCUT2D eigenvalue weighted by Crippen LogP contribution is -2.63. The van der Waals surface area contributed by atoms with Crippen LogP contribution in [0, 0.1) is 11.8 Å². The number of rotatable bonds is 5. The third kappa shape index (κ3) is 3.61. The number of aliphatic hydroxyl groups excluding tert-OH is 2. The second-order valence-corrected chi connectivity index (χ2v) is 11.8. The van der Waals surface area contributed by atoms with Crippen LogP contribution in [0.1, 0.15) is 54.1 Å². The Morgan fingerprint density at radius 2 is 1.89 bits per heavy atom. The van der Waals surface area contributed by atoms with Crippen LogP contribution in [0.3, 0.4) is 0 Å². The quantitative estimate of drug-likeness (QED) is 0.301. The van der Waals surface area contributed by atoms with Crippen molar-refractivity contribution in [3.05, 3.63) is 50.4 Å². The van der Waals surface area contributed by atoms with Crippen LogP contribution >= 0.6 is 11.6 Å². The Hall–Kier alpha value is -2.92. The Morgan fingerprint density at radius 1 is 1.24 bits per heavy atom. The van der Waals surface area contributed by atoms with Gasteiger partial charge < -0.3 is 31.5 Å². The molecule has 0 bridgehead atoms. The van der Waals surface area contributed by atoms with E-state index in [1.54, 1.807) is 14.1 Å². The van der Waals surface area contributed by atoms with Crippen molar-refractivity contribution < 1.29 is 34.8 Å².